The van der Waals surface area contributed by atoms with Gasteiger partial charge in [-0.05, 0) is 79.5 Å². The van der Waals surface area contributed by atoms with Crippen molar-refractivity contribution >= 4 is 33.3 Å². The van der Waals surface area contributed by atoms with Crippen LogP contribution in [0.15, 0.2) is 51.7 Å². The highest BCUT2D eigenvalue weighted by molar-refractivity contribution is 7.99. The predicted molar refractivity (Wildman–Crippen MR) is 134 cm³/mol. The second-order valence-corrected chi connectivity index (χ2v) is 10.4. The number of thioether (sulfide) groups is 1. The van der Waals surface area contributed by atoms with Gasteiger partial charge in [0.1, 0.15) is 10.6 Å². The van der Waals surface area contributed by atoms with Gasteiger partial charge in [0.2, 0.25) is 0 Å². The summed E-state index contributed by atoms with van der Waals surface area (Å²) in [5.74, 6) is 1.60. The van der Waals surface area contributed by atoms with Crippen molar-refractivity contribution in [1.82, 2.24) is 9.97 Å². The maximum atomic E-state index is 12.9. The summed E-state index contributed by atoms with van der Waals surface area (Å²) in [4.78, 5) is 21.4. The number of benzene rings is 2. The molecule has 2 aromatic heterocycles. The highest BCUT2D eigenvalue weighted by Crippen LogP contribution is 2.34. The molecule has 0 unspecified atom stereocenters. The molecule has 0 radical (unpaired) electrons. The van der Waals surface area contributed by atoms with Crippen LogP contribution < -0.4 is 10.3 Å². The molecule has 1 aliphatic rings. The molecule has 164 valence electrons. The summed E-state index contributed by atoms with van der Waals surface area (Å²) in [5, 5.41) is 3.40. The number of nitrogens with zero attached hydrogens (tertiary/aromatic N) is 1. The minimum Gasteiger partial charge on any atom is -0.493 e. The fraction of sp³-hybridized carbons (Fsp3) is 0.308. The van der Waals surface area contributed by atoms with E-state index in [2.05, 4.69) is 48.5 Å². The van der Waals surface area contributed by atoms with Crippen molar-refractivity contribution < 1.29 is 4.74 Å². The Bertz CT molecular complexity index is 1320. The smallest absolute Gasteiger partial charge is 0.260 e. The number of ether oxygens (including phenoxy) is 1. The normalized spacial score (nSPS) is 13.3. The van der Waals surface area contributed by atoms with E-state index in [4.69, 9.17) is 9.72 Å². The zero-order valence-corrected chi connectivity index (χ0v) is 20.0. The van der Waals surface area contributed by atoms with Gasteiger partial charge < -0.3 is 9.72 Å². The van der Waals surface area contributed by atoms with Gasteiger partial charge in [-0.25, -0.2) is 4.98 Å². The number of hydrogen-bond acceptors (Lipinski definition) is 5. The van der Waals surface area contributed by atoms with E-state index in [0.717, 1.165) is 34.5 Å². The highest BCUT2D eigenvalue weighted by Gasteiger charge is 2.16. The molecule has 1 N–H and O–H groups in total. The summed E-state index contributed by atoms with van der Waals surface area (Å²) < 4.78 is 5.88. The summed E-state index contributed by atoms with van der Waals surface area (Å²) in [6.45, 7) is 4.69. The maximum Gasteiger partial charge on any atom is 0.260 e. The first-order valence-electron chi connectivity index (χ1n) is 11.0. The molecule has 0 fully saturated rings. The first-order chi connectivity index (χ1) is 15.6. The number of aromatic amines is 1. The zero-order valence-electron chi connectivity index (χ0n) is 18.4. The van der Waals surface area contributed by atoms with E-state index < -0.39 is 0 Å². The Morgan fingerprint density at radius 3 is 2.66 bits per heavy atom. The van der Waals surface area contributed by atoms with Gasteiger partial charge in [0.25, 0.3) is 5.56 Å². The van der Waals surface area contributed by atoms with E-state index in [-0.39, 0.29) is 5.56 Å². The van der Waals surface area contributed by atoms with Crippen molar-refractivity contribution in [2.75, 3.05) is 12.4 Å². The zero-order chi connectivity index (χ0) is 22.1. The van der Waals surface area contributed by atoms with Gasteiger partial charge >= 0.3 is 0 Å². The Morgan fingerprint density at radius 2 is 1.84 bits per heavy atom. The summed E-state index contributed by atoms with van der Waals surface area (Å²) in [7, 11) is 0. The third-order valence-corrected chi connectivity index (χ3v) is 7.58. The number of hydrogen-bond donors (Lipinski definition) is 1. The quantitative estimate of drug-likeness (QED) is 0.207. The lowest BCUT2D eigenvalue weighted by Crippen LogP contribution is -2.10. The molecule has 6 heteroatoms. The molecule has 0 spiro atoms. The minimum atomic E-state index is -0.0679. The van der Waals surface area contributed by atoms with E-state index >= 15 is 0 Å². The van der Waals surface area contributed by atoms with Crippen LogP contribution in [0.5, 0.6) is 5.75 Å². The van der Waals surface area contributed by atoms with Gasteiger partial charge in [-0.2, -0.15) is 0 Å². The molecule has 0 atom stereocenters. The summed E-state index contributed by atoms with van der Waals surface area (Å²) in [6, 6.07) is 12.9. The predicted octanol–water partition coefficient (Wildman–Crippen LogP) is 6.32. The maximum absolute atomic E-state index is 12.9. The Labute approximate surface area is 196 Å². The summed E-state index contributed by atoms with van der Waals surface area (Å²) >= 11 is 3.05. The van der Waals surface area contributed by atoms with E-state index in [1.165, 1.54) is 58.2 Å². The molecule has 4 aromatic rings. The van der Waals surface area contributed by atoms with Gasteiger partial charge in [-0.1, -0.05) is 36.0 Å². The summed E-state index contributed by atoms with van der Waals surface area (Å²) in [5.41, 5.74) is 7.30. The van der Waals surface area contributed by atoms with Crippen molar-refractivity contribution in [3.8, 4) is 16.9 Å². The second-order valence-electron chi connectivity index (χ2n) is 8.41. The van der Waals surface area contributed by atoms with Gasteiger partial charge in [0, 0.05) is 16.7 Å². The van der Waals surface area contributed by atoms with Crippen molar-refractivity contribution in [1.29, 1.82) is 0 Å². The van der Waals surface area contributed by atoms with Crippen LogP contribution in [-0.2, 0) is 12.8 Å². The molecule has 4 nitrogen and oxygen atoms in total. The van der Waals surface area contributed by atoms with Crippen molar-refractivity contribution in [3.05, 3.63) is 74.4 Å². The number of rotatable bonds is 6. The van der Waals surface area contributed by atoms with E-state index in [1.54, 1.807) is 0 Å². The van der Waals surface area contributed by atoms with Gasteiger partial charge in [0.15, 0.2) is 5.16 Å². The molecule has 0 saturated carbocycles. The monoisotopic (exact) mass is 462 g/mol. The Kier molecular flexibility index (Phi) is 6.07. The molecule has 0 aliphatic heterocycles. The summed E-state index contributed by atoms with van der Waals surface area (Å²) in [6.07, 6.45) is 4.81. The molecule has 32 heavy (non-hydrogen) atoms. The van der Waals surface area contributed by atoms with Crippen LogP contribution in [0.4, 0.5) is 0 Å². The number of aryl methyl sites for hydroxylation is 4. The van der Waals surface area contributed by atoms with E-state index in [9.17, 15) is 4.79 Å². The van der Waals surface area contributed by atoms with Gasteiger partial charge in [-0.15, -0.1) is 11.3 Å². The Morgan fingerprint density at radius 1 is 1.06 bits per heavy atom. The van der Waals surface area contributed by atoms with Crippen LogP contribution in [0.3, 0.4) is 0 Å². The lowest BCUT2D eigenvalue weighted by atomic mass is 9.89. The third kappa shape index (κ3) is 4.48. The van der Waals surface area contributed by atoms with Crippen LogP contribution in [0.1, 0.15) is 35.1 Å². The largest absolute Gasteiger partial charge is 0.493 e. The van der Waals surface area contributed by atoms with Crippen LogP contribution in [0.2, 0.25) is 0 Å². The molecular weight excluding hydrogens is 436 g/mol. The van der Waals surface area contributed by atoms with Gasteiger partial charge in [-0.3, -0.25) is 4.79 Å². The second kappa shape index (κ2) is 9.12. The Balaban J connectivity index is 1.31. The molecule has 5 rings (SSSR count). The number of nitrogens with one attached hydrogen (secondary N) is 1. The standard InChI is InChI=1S/C26H26N2O2S2/c1-16-11-17(2)13-21(12-16)30-9-10-31-26-27-24(29)23-22(15-32-25(23)28-26)20-8-7-18-5-3-4-6-19(18)14-20/h7-8,11-15H,3-6,9-10H2,1-2H3,(H,27,28,29). The fourth-order valence-corrected chi connectivity index (χ4v) is 6.11. The van der Waals surface area contributed by atoms with Crippen molar-refractivity contribution in [2.45, 2.75) is 44.7 Å². The van der Waals surface area contributed by atoms with Crippen molar-refractivity contribution in [3.63, 3.8) is 0 Å². The van der Waals surface area contributed by atoms with Gasteiger partial charge in [0.05, 0.1) is 12.0 Å². The number of aromatic nitrogens is 2. The van der Waals surface area contributed by atoms with Crippen LogP contribution >= 0.6 is 23.1 Å². The number of fused-ring (bicyclic) bond motifs is 2. The molecule has 0 bridgehead atoms. The molecule has 0 saturated heterocycles. The van der Waals surface area contributed by atoms with Crippen LogP contribution in [-0.4, -0.2) is 22.3 Å². The average Bonchev–Trinajstić information content (AvgIpc) is 3.20. The molecular formula is C26H26N2O2S2. The topological polar surface area (TPSA) is 55.0 Å². The lowest BCUT2D eigenvalue weighted by molar-refractivity contribution is 0.343. The minimum absolute atomic E-state index is 0.0679. The van der Waals surface area contributed by atoms with Crippen LogP contribution in [0, 0.1) is 13.8 Å². The van der Waals surface area contributed by atoms with E-state index in [0.29, 0.717) is 22.9 Å². The van der Waals surface area contributed by atoms with Crippen LogP contribution in [0.25, 0.3) is 21.3 Å². The first kappa shape index (κ1) is 21.3. The molecule has 1 aliphatic carbocycles. The van der Waals surface area contributed by atoms with Crippen molar-refractivity contribution in [2.24, 2.45) is 0 Å². The third-order valence-electron chi connectivity index (χ3n) is 5.87. The number of thiophene rings is 1. The SMILES string of the molecule is Cc1cc(C)cc(OCCSc2nc3scc(-c4ccc5c(c4)CCCC5)c3c(=O)[nH]2)c1. The fourth-order valence-electron chi connectivity index (χ4n) is 4.43. The molecule has 2 aromatic carbocycles. The average molecular weight is 463 g/mol. The lowest BCUT2D eigenvalue weighted by Gasteiger charge is -2.16. The number of H-pyrrole nitrogens is 1. The first-order valence-corrected chi connectivity index (χ1v) is 12.9. The Hall–Kier alpha value is -2.57. The molecule has 2 heterocycles. The highest BCUT2D eigenvalue weighted by atomic mass is 32.2. The molecule has 0 amide bonds. The van der Waals surface area contributed by atoms with E-state index in [1.807, 2.05) is 12.1 Å².